The Morgan fingerprint density at radius 1 is 1.07 bits per heavy atom. The van der Waals surface area contributed by atoms with Crippen LogP contribution in [0.15, 0.2) is 48.5 Å². The van der Waals surface area contributed by atoms with E-state index in [0.717, 1.165) is 22.3 Å². The number of hydrogen-bond donors (Lipinski definition) is 1. The Balaban J connectivity index is 1.86. The minimum absolute atomic E-state index is 0.0631. The van der Waals surface area contributed by atoms with Gasteiger partial charge in [0.1, 0.15) is 11.0 Å². The number of cyclic esters (lactones) is 2. The number of aliphatic hydroxyl groups is 1. The normalized spacial score (nSPS) is 33.1. The molecule has 5 heteroatoms. The van der Waals surface area contributed by atoms with Gasteiger partial charge in [-0.3, -0.25) is 9.59 Å². The first-order valence-electron chi connectivity index (χ1n) is 9.73. The molecule has 3 atom stereocenters. The molecule has 0 radical (unpaired) electrons. The van der Waals surface area contributed by atoms with Crippen molar-refractivity contribution in [2.45, 2.75) is 37.9 Å². The second-order valence-electron chi connectivity index (χ2n) is 8.10. The smallest absolute Gasteiger partial charge is 0.324 e. The summed E-state index contributed by atoms with van der Waals surface area (Å²) in [5.41, 5.74) is 1.37. The van der Waals surface area contributed by atoms with Gasteiger partial charge in [0, 0.05) is 5.92 Å². The molecule has 0 saturated carbocycles. The quantitative estimate of drug-likeness (QED) is 0.654. The fourth-order valence-electron chi connectivity index (χ4n) is 5.51. The van der Waals surface area contributed by atoms with Gasteiger partial charge in [-0.15, -0.1) is 0 Å². The van der Waals surface area contributed by atoms with Crippen LogP contribution in [-0.4, -0.2) is 29.8 Å². The number of rotatable bonds is 4. The standard InChI is InChI=1S/C23H22O5/c1-3-13(24)12-27-23-16-10-6-4-8-14(16)18(15-9-5-7-11-17(15)23)19-20(25)28-21(26)22(19,23)2/h4-11,13,18-19,24H,3,12H2,1-2H3. The minimum atomic E-state index is -1.19. The maximum absolute atomic E-state index is 13.1. The van der Waals surface area contributed by atoms with E-state index < -0.39 is 35.0 Å². The van der Waals surface area contributed by atoms with Crippen LogP contribution in [0.2, 0.25) is 0 Å². The molecule has 1 saturated heterocycles. The van der Waals surface area contributed by atoms with Crippen LogP contribution >= 0.6 is 0 Å². The van der Waals surface area contributed by atoms with Crippen LogP contribution in [0.25, 0.3) is 0 Å². The zero-order valence-electron chi connectivity index (χ0n) is 15.8. The average Bonchev–Trinajstić information content (AvgIpc) is 2.96. The van der Waals surface area contributed by atoms with Gasteiger partial charge in [0.25, 0.3) is 0 Å². The number of esters is 2. The van der Waals surface area contributed by atoms with E-state index >= 15 is 0 Å². The first kappa shape index (κ1) is 17.6. The van der Waals surface area contributed by atoms with E-state index in [4.69, 9.17) is 9.47 Å². The Kier molecular flexibility index (Phi) is 3.61. The molecular weight excluding hydrogens is 356 g/mol. The van der Waals surface area contributed by atoms with Gasteiger partial charge in [-0.2, -0.15) is 0 Å². The zero-order valence-corrected chi connectivity index (χ0v) is 15.8. The molecule has 3 unspecified atom stereocenters. The summed E-state index contributed by atoms with van der Waals surface area (Å²) < 4.78 is 11.7. The maximum Gasteiger partial charge on any atom is 0.324 e. The molecule has 1 heterocycles. The molecular formula is C23H22O5. The van der Waals surface area contributed by atoms with Crippen molar-refractivity contribution in [3.63, 3.8) is 0 Å². The lowest BCUT2D eigenvalue weighted by molar-refractivity contribution is -0.179. The fraction of sp³-hybridized carbons (Fsp3) is 0.391. The second kappa shape index (κ2) is 5.75. The van der Waals surface area contributed by atoms with Crippen molar-refractivity contribution in [3.05, 3.63) is 70.8 Å². The van der Waals surface area contributed by atoms with Crippen molar-refractivity contribution in [1.29, 1.82) is 0 Å². The van der Waals surface area contributed by atoms with E-state index in [2.05, 4.69) is 0 Å². The lowest BCUT2D eigenvalue weighted by Gasteiger charge is -2.58. The van der Waals surface area contributed by atoms with Crippen molar-refractivity contribution in [2.75, 3.05) is 6.61 Å². The number of aliphatic hydroxyl groups excluding tert-OH is 1. The average molecular weight is 378 g/mol. The Hall–Kier alpha value is -2.50. The monoisotopic (exact) mass is 378 g/mol. The highest BCUT2D eigenvalue weighted by atomic mass is 16.6. The molecule has 1 N–H and O–H groups in total. The summed E-state index contributed by atoms with van der Waals surface area (Å²) in [6.07, 6.45) is -0.130. The van der Waals surface area contributed by atoms with Gasteiger partial charge in [-0.25, -0.2) is 0 Å². The van der Waals surface area contributed by atoms with Gasteiger partial charge in [-0.1, -0.05) is 55.5 Å². The number of benzene rings is 2. The molecule has 28 heavy (non-hydrogen) atoms. The lowest BCUT2D eigenvalue weighted by atomic mass is 9.46. The predicted octanol–water partition coefficient (Wildman–Crippen LogP) is 2.88. The predicted molar refractivity (Wildman–Crippen MR) is 100 cm³/mol. The van der Waals surface area contributed by atoms with Crippen molar-refractivity contribution >= 4 is 11.9 Å². The largest absolute Gasteiger partial charge is 0.392 e. The first-order chi connectivity index (χ1) is 13.5. The first-order valence-corrected chi connectivity index (χ1v) is 9.73. The van der Waals surface area contributed by atoms with E-state index in [0.29, 0.717) is 6.42 Å². The molecule has 5 nitrogen and oxygen atoms in total. The molecule has 1 fully saturated rings. The summed E-state index contributed by atoms with van der Waals surface area (Å²) in [6, 6.07) is 15.7. The summed E-state index contributed by atoms with van der Waals surface area (Å²) in [4.78, 5) is 25.9. The van der Waals surface area contributed by atoms with Crippen molar-refractivity contribution < 1.29 is 24.2 Å². The van der Waals surface area contributed by atoms with Crippen LogP contribution in [0.4, 0.5) is 0 Å². The SMILES string of the molecule is CCC(O)COC12c3ccccc3C(c3ccccc31)C1C(=O)OC(=O)C12C. The van der Waals surface area contributed by atoms with Crippen molar-refractivity contribution in [3.8, 4) is 0 Å². The molecule has 2 bridgehead atoms. The maximum atomic E-state index is 13.1. The third-order valence-electron chi connectivity index (χ3n) is 6.87. The molecule has 0 aromatic heterocycles. The topological polar surface area (TPSA) is 72.8 Å². The van der Waals surface area contributed by atoms with Crippen LogP contribution in [-0.2, 0) is 24.7 Å². The molecule has 1 aliphatic heterocycles. The van der Waals surface area contributed by atoms with E-state index in [9.17, 15) is 14.7 Å². The van der Waals surface area contributed by atoms with Gasteiger partial charge < -0.3 is 14.6 Å². The Labute approximate surface area is 163 Å². The molecule has 0 spiro atoms. The Morgan fingerprint density at radius 3 is 2.21 bits per heavy atom. The Morgan fingerprint density at radius 2 is 1.64 bits per heavy atom. The van der Waals surface area contributed by atoms with Crippen LogP contribution in [0, 0.1) is 11.3 Å². The summed E-state index contributed by atoms with van der Waals surface area (Å²) in [5.74, 6) is -1.95. The van der Waals surface area contributed by atoms with Crippen LogP contribution in [0.1, 0.15) is 48.4 Å². The van der Waals surface area contributed by atoms with Gasteiger partial charge in [0.15, 0.2) is 0 Å². The lowest BCUT2D eigenvalue weighted by Crippen LogP contribution is -2.62. The van der Waals surface area contributed by atoms with Crippen molar-refractivity contribution in [1.82, 2.24) is 0 Å². The molecule has 144 valence electrons. The summed E-state index contributed by atoms with van der Waals surface area (Å²) >= 11 is 0. The number of hydrogen-bond acceptors (Lipinski definition) is 5. The zero-order chi connectivity index (χ0) is 19.7. The number of ether oxygens (including phenoxy) is 2. The molecule has 4 aliphatic rings. The molecule has 6 rings (SSSR count). The van der Waals surface area contributed by atoms with Gasteiger partial charge in [0.05, 0.1) is 18.6 Å². The highest BCUT2D eigenvalue weighted by molar-refractivity contribution is 6.03. The van der Waals surface area contributed by atoms with Gasteiger partial charge in [0.2, 0.25) is 0 Å². The van der Waals surface area contributed by atoms with E-state index in [-0.39, 0.29) is 12.5 Å². The van der Waals surface area contributed by atoms with Crippen LogP contribution in [0.5, 0.6) is 0 Å². The van der Waals surface area contributed by atoms with Gasteiger partial charge in [-0.05, 0) is 35.6 Å². The third kappa shape index (κ3) is 1.84. The highest BCUT2D eigenvalue weighted by Crippen LogP contribution is 2.69. The third-order valence-corrected chi connectivity index (χ3v) is 6.87. The van der Waals surface area contributed by atoms with E-state index in [1.807, 2.05) is 55.5 Å². The van der Waals surface area contributed by atoms with E-state index in [1.54, 1.807) is 6.92 Å². The second-order valence-corrected chi connectivity index (χ2v) is 8.10. The minimum Gasteiger partial charge on any atom is -0.392 e. The number of carbonyl (C=O) groups is 2. The molecule has 3 aliphatic carbocycles. The van der Waals surface area contributed by atoms with Crippen molar-refractivity contribution in [2.24, 2.45) is 11.3 Å². The summed E-state index contributed by atoms with van der Waals surface area (Å²) in [5, 5.41) is 10.2. The van der Waals surface area contributed by atoms with Gasteiger partial charge >= 0.3 is 11.9 Å². The summed E-state index contributed by atoms with van der Waals surface area (Å²) in [6.45, 7) is 3.72. The molecule has 0 amide bonds. The Bertz CT molecular complexity index is 948. The van der Waals surface area contributed by atoms with Crippen LogP contribution < -0.4 is 0 Å². The van der Waals surface area contributed by atoms with E-state index in [1.165, 1.54) is 0 Å². The highest BCUT2D eigenvalue weighted by Gasteiger charge is 2.75. The summed E-state index contributed by atoms with van der Waals surface area (Å²) in [7, 11) is 0. The molecule has 2 aromatic carbocycles. The van der Waals surface area contributed by atoms with Crippen LogP contribution in [0.3, 0.4) is 0 Å². The molecule has 2 aromatic rings. The number of carbonyl (C=O) groups excluding carboxylic acids is 2. The fourth-order valence-corrected chi connectivity index (χ4v) is 5.51.